The molecule has 0 radical (unpaired) electrons. The van der Waals surface area contributed by atoms with Gasteiger partial charge >= 0.3 is 0 Å². The molecule has 0 saturated carbocycles. The van der Waals surface area contributed by atoms with E-state index in [1.165, 1.54) is 16.7 Å². The molecule has 0 amide bonds. The number of nitrogens with one attached hydrogen (secondary N) is 2. The Hall–Kier alpha value is -2.27. The van der Waals surface area contributed by atoms with Gasteiger partial charge in [-0.2, -0.15) is 0 Å². The Balaban J connectivity index is 1.43. The Kier molecular flexibility index (Phi) is 5.20. The molecule has 0 fully saturated rings. The Morgan fingerprint density at radius 2 is 1.88 bits per heavy atom. The lowest BCUT2D eigenvalue weighted by atomic mass is 10.0. The first kappa shape index (κ1) is 16.6. The SMILES string of the molecule is Cc1ccc(CCNC(=S)NCc2ccc3c(c2)OCO3)c(C)c1. The van der Waals surface area contributed by atoms with E-state index in [2.05, 4.69) is 42.7 Å². The molecule has 1 aliphatic rings. The Morgan fingerprint density at radius 1 is 1.04 bits per heavy atom. The van der Waals surface area contributed by atoms with Gasteiger partial charge in [0.15, 0.2) is 16.6 Å². The smallest absolute Gasteiger partial charge is 0.231 e. The highest BCUT2D eigenvalue weighted by atomic mass is 32.1. The maximum Gasteiger partial charge on any atom is 0.231 e. The first-order valence-corrected chi connectivity index (χ1v) is 8.49. The van der Waals surface area contributed by atoms with Gasteiger partial charge in [-0.15, -0.1) is 0 Å². The highest BCUT2D eigenvalue weighted by Gasteiger charge is 2.13. The number of fused-ring (bicyclic) bond motifs is 1. The van der Waals surface area contributed by atoms with Gasteiger partial charge < -0.3 is 20.1 Å². The molecule has 126 valence electrons. The zero-order valence-corrected chi connectivity index (χ0v) is 14.8. The van der Waals surface area contributed by atoms with E-state index in [1.807, 2.05) is 18.2 Å². The number of thiocarbonyl (C=S) groups is 1. The van der Waals surface area contributed by atoms with Crippen molar-refractivity contribution in [1.82, 2.24) is 10.6 Å². The molecule has 1 heterocycles. The van der Waals surface area contributed by atoms with Crippen LogP contribution in [0.5, 0.6) is 11.5 Å². The largest absolute Gasteiger partial charge is 0.454 e. The molecule has 0 spiro atoms. The molecular weight excluding hydrogens is 320 g/mol. The first-order valence-electron chi connectivity index (χ1n) is 8.08. The molecule has 0 atom stereocenters. The highest BCUT2D eigenvalue weighted by molar-refractivity contribution is 7.80. The third-order valence-electron chi connectivity index (χ3n) is 4.07. The summed E-state index contributed by atoms with van der Waals surface area (Å²) in [5.74, 6) is 1.59. The Morgan fingerprint density at radius 3 is 2.71 bits per heavy atom. The van der Waals surface area contributed by atoms with Crippen molar-refractivity contribution in [3.63, 3.8) is 0 Å². The van der Waals surface area contributed by atoms with E-state index in [-0.39, 0.29) is 0 Å². The number of hydrogen-bond donors (Lipinski definition) is 2. The van der Waals surface area contributed by atoms with Crippen molar-refractivity contribution >= 4 is 17.3 Å². The van der Waals surface area contributed by atoms with Gasteiger partial charge in [0.2, 0.25) is 6.79 Å². The quantitative estimate of drug-likeness (QED) is 0.817. The molecule has 4 nitrogen and oxygen atoms in total. The minimum atomic E-state index is 0.296. The van der Waals surface area contributed by atoms with Gasteiger partial charge in [-0.05, 0) is 61.3 Å². The fraction of sp³-hybridized carbons (Fsp3) is 0.316. The molecule has 0 saturated heterocycles. The van der Waals surface area contributed by atoms with Crippen LogP contribution in [-0.2, 0) is 13.0 Å². The van der Waals surface area contributed by atoms with E-state index in [0.29, 0.717) is 18.5 Å². The summed E-state index contributed by atoms with van der Waals surface area (Å²) in [6.07, 6.45) is 0.956. The van der Waals surface area contributed by atoms with Gasteiger partial charge in [-0.3, -0.25) is 0 Å². The van der Waals surface area contributed by atoms with E-state index in [0.717, 1.165) is 30.0 Å². The minimum absolute atomic E-state index is 0.296. The van der Waals surface area contributed by atoms with Gasteiger partial charge in [0.1, 0.15) is 0 Å². The molecule has 2 aromatic rings. The Bertz CT molecular complexity index is 746. The molecule has 0 unspecified atom stereocenters. The topological polar surface area (TPSA) is 42.5 Å². The summed E-state index contributed by atoms with van der Waals surface area (Å²) in [6.45, 7) is 6.04. The lowest BCUT2D eigenvalue weighted by Gasteiger charge is -2.12. The van der Waals surface area contributed by atoms with Crippen LogP contribution in [0.3, 0.4) is 0 Å². The molecule has 2 aromatic carbocycles. The zero-order valence-electron chi connectivity index (χ0n) is 14.0. The number of benzene rings is 2. The van der Waals surface area contributed by atoms with E-state index in [1.54, 1.807) is 0 Å². The molecular formula is C19H22N2O2S. The van der Waals surface area contributed by atoms with Crippen molar-refractivity contribution in [2.45, 2.75) is 26.8 Å². The van der Waals surface area contributed by atoms with Crippen molar-refractivity contribution in [3.05, 3.63) is 58.7 Å². The van der Waals surface area contributed by atoms with Crippen LogP contribution in [-0.4, -0.2) is 18.5 Å². The third kappa shape index (κ3) is 4.17. The fourth-order valence-corrected chi connectivity index (χ4v) is 2.91. The zero-order chi connectivity index (χ0) is 16.9. The second kappa shape index (κ2) is 7.53. The fourth-order valence-electron chi connectivity index (χ4n) is 2.73. The molecule has 2 N–H and O–H groups in total. The first-order chi connectivity index (χ1) is 11.6. The summed E-state index contributed by atoms with van der Waals surface area (Å²) in [7, 11) is 0. The number of aryl methyl sites for hydroxylation is 2. The minimum Gasteiger partial charge on any atom is -0.454 e. The van der Waals surface area contributed by atoms with E-state index < -0.39 is 0 Å². The predicted octanol–water partition coefficient (Wildman–Crippen LogP) is 3.24. The van der Waals surface area contributed by atoms with Gasteiger partial charge in [-0.25, -0.2) is 0 Å². The van der Waals surface area contributed by atoms with Gasteiger partial charge in [0.25, 0.3) is 0 Å². The van der Waals surface area contributed by atoms with Crippen LogP contribution in [0.4, 0.5) is 0 Å². The highest BCUT2D eigenvalue weighted by Crippen LogP contribution is 2.32. The lowest BCUT2D eigenvalue weighted by Crippen LogP contribution is -2.35. The van der Waals surface area contributed by atoms with Gasteiger partial charge in [0.05, 0.1) is 0 Å². The average molecular weight is 342 g/mol. The molecule has 24 heavy (non-hydrogen) atoms. The monoisotopic (exact) mass is 342 g/mol. The maximum atomic E-state index is 5.38. The summed E-state index contributed by atoms with van der Waals surface area (Å²) in [6, 6.07) is 12.5. The summed E-state index contributed by atoms with van der Waals surface area (Å²) in [5, 5.41) is 7.15. The third-order valence-corrected chi connectivity index (χ3v) is 4.36. The molecule has 3 rings (SSSR count). The number of rotatable bonds is 5. The summed E-state index contributed by atoms with van der Waals surface area (Å²) in [5.41, 5.74) is 5.09. The second-order valence-corrected chi connectivity index (χ2v) is 6.39. The van der Waals surface area contributed by atoms with Crippen LogP contribution in [0.2, 0.25) is 0 Å². The van der Waals surface area contributed by atoms with Crippen molar-refractivity contribution in [1.29, 1.82) is 0 Å². The number of ether oxygens (including phenoxy) is 2. The van der Waals surface area contributed by atoms with E-state index >= 15 is 0 Å². The lowest BCUT2D eigenvalue weighted by molar-refractivity contribution is 0.174. The standard InChI is InChI=1S/C19H22N2O2S/c1-13-3-5-16(14(2)9-13)7-8-20-19(24)21-11-15-4-6-17-18(10-15)23-12-22-17/h3-6,9-10H,7-8,11-12H2,1-2H3,(H2,20,21,24). The predicted molar refractivity (Wildman–Crippen MR) is 99.6 cm³/mol. The van der Waals surface area contributed by atoms with Gasteiger partial charge in [0, 0.05) is 13.1 Å². The maximum absolute atomic E-state index is 5.38. The van der Waals surface area contributed by atoms with Crippen LogP contribution in [0, 0.1) is 13.8 Å². The van der Waals surface area contributed by atoms with Crippen LogP contribution < -0.4 is 20.1 Å². The molecule has 0 aromatic heterocycles. The van der Waals surface area contributed by atoms with Crippen LogP contribution in [0.15, 0.2) is 36.4 Å². The normalized spacial score (nSPS) is 12.1. The molecule has 1 aliphatic heterocycles. The van der Waals surface area contributed by atoms with Crippen LogP contribution >= 0.6 is 12.2 Å². The van der Waals surface area contributed by atoms with Crippen molar-refractivity contribution in [3.8, 4) is 11.5 Å². The average Bonchev–Trinajstić information content (AvgIpc) is 3.02. The van der Waals surface area contributed by atoms with Crippen molar-refractivity contribution in [2.24, 2.45) is 0 Å². The van der Waals surface area contributed by atoms with Crippen LogP contribution in [0.25, 0.3) is 0 Å². The Labute approximate surface area is 148 Å². The van der Waals surface area contributed by atoms with E-state index in [4.69, 9.17) is 21.7 Å². The summed E-state index contributed by atoms with van der Waals surface area (Å²) >= 11 is 5.34. The van der Waals surface area contributed by atoms with Crippen molar-refractivity contribution < 1.29 is 9.47 Å². The van der Waals surface area contributed by atoms with E-state index in [9.17, 15) is 0 Å². The van der Waals surface area contributed by atoms with Gasteiger partial charge in [-0.1, -0.05) is 29.8 Å². The molecule has 5 heteroatoms. The molecule has 0 aliphatic carbocycles. The van der Waals surface area contributed by atoms with Crippen molar-refractivity contribution in [2.75, 3.05) is 13.3 Å². The summed E-state index contributed by atoms with van der Waals surface area (Å²) < 4.78 is 10.7. The molecule has 0 bridgehead atoms. The summed E-state index contributed by atoms with van der Waals surface area (Å²) in [4.78, 5) is 0. The second-order valence-electron chi connectivity index (χ2n) is 5.98. The van der Waals surface area contributed by atoms with Crippen LogP contribution in [0.1, 0.15) is 22.3 Å². The number of hydrogen-bond acceptors (Lipinski definition) is 3.